The van der Waals surface area contributed by atoms with Crippen LogP contribution in [0.2, 0.25) is 0 Å². The predicted octanol–water partition coefficient (Wildman–Crippen LogP) is 2.76. The first-order valence-corrected chi connectivity index (χ1v) is 9.28. The second-order valence-electron chi connectivity index (χ2n) is 7.14. The highest BCUT2D eigenvalue weighted by Crippen LogP contribution is 2.27. The summed E-state index contributed by atoms with van der Waals surface area (Å²) in [6, 6.07) is 15.4. The summed E-state index contributed by atoms with van der Waals surface area (Å²) in [5, 5.41) is 0. The van der Waals surface area contributed by atoms with Gasteiger partial charge in [0.05, 0.1) is 11.6 Å². The van der Waals surface area contributed by atoms with Crippen molar-refractivity contribution in [1.29, 1.82) is 0 Å². The Morgan fingerprint density at radius 3 is 2.71 bits per heavy atom. The molecule has 1 aromatic heterocycles. The number of hydrogen-bond acceptors (Lipinski definition) is 5. The second kappa shape index (κ2) is 7.52. The molecule has 0 N–H and O–H groups in total. The Morgan fingerprint density at radius 2 is 1.93 bits per heavy atom. The molecule has 0 saturated carbocycles. The Kier molecular flexibility index (Phi) is 4.92. The molecular formula is C21H23N3O4. The van der Waals surface area contributed by atoms with Crippen LogP contribution in [0, 0.1) is 0 Å². The largest absolute Gasteiger partial charge is 0.445 e. The number of ether oxygens (including phenoxy) is 1. The molecule has 0 radical (unpaired) electrons. The zero-order valence-electron chi connectivity index (χ0n) is 16.0. The van der Waals surface area contributed by atoms with E-state index in [0.29, 0.717) is 18.7 Å². The monoisotopic (exact) mass is 381 g/mol. The summed E-state index contributed by atoms with van der Waals surface area (Å²) in [6.07, 6.45) is -0.311. The van der Waals surface area contributed by atoms with Gasteiger partial charge in [-0.25, -0.2) is 9.59 Å². The van der Waals surface area contributed by atoms with Gasteiger partial charge in [0.1, 0.15) is 6.61 Å². The van der Waals surface area contributed by atoms with Crippen LogP contribution in [0.25, 0.3) is 11.1 Å². The summed E-state index contributed by atoms with van der Waals surface area (Å²) >= 11 is 0. The van der Waals surface area contributed by atoms with Crippen LogP contribution < -0.4 is 5.76 Å². The molecule has 1 atom stereocenters. The number of nitrogens with zero attached hydrogens (tertiary/aromatic N) is 3. The fourth-order valence-corrected chi connectivity index (χ4v) is 3.57. The quantitative estimate of drug-likeness (QED) is 0.698. The van der Waals surface area contributed by atoms with E-state index in [4.69, 9.17) is 9.15 Å². The molecule has 0 aliphatic carbocycles. The van der Waals surface area contributed by atoms with E-state index in [1.54, 1.807) is 11.9 Å². The van der Waals surface area contributed by atoms with Crippen molar-refractivity contribution in [2.24, 2.45) is 7.05 Å². The van der Waals surface area contributed by atoms with Crippen molar-refractivity contribution in [3.8, 4) is 0 Å². The lowest BCUT2D eigenvalue weighted by Crippen LogP contribution is -2.49. The maximum Gasteiger partial charge on any atom is 0.419 e. The zero-order chi connectivity index (χ0) is 19.7. The first-order valence-electron chi connectivity index (χ1n) is 9.28. The van der Waals surface area contributed by atoms with E-state index >= 15 is 0 Å². The van der Waals surface area contributed by atoms with Crippen molar-refractivity contribution in [2.45, 2.75) is 12.6 Å². The molecule has 2 heterocycles. The minimum atomic E-state index is -0.379. The topological polar surface area (TPSA) is 67.9 Å². The van der Waals surface area contributed by atoms with Gasteiger partial charge in [0.15, 0.2) is 5.58 Å². The van der Waals surface area contributed by atoms with Crippen LogP contribution in [-0.2, 0) is 18.4 Å². The lowest BCUT2D eigenvalue weighted by atomic mass is 10.0. The molecule has 1 fully saturated rings. The number of rotatable bonds is 3. The fourth-order valence-electron chi connectivity index (χ4n) is 3.57. The third-order valence-electron chi connectivity index (χ3n) is 5.31. The number of likely N-dealkylation sites (N-methyl/N-ethyl adjacent to an activating group) is 1. The van der Waals surface area contributed by atoms with Crippen LogP contribution in [0.15, 0.2) is 57.7 Å². The number of benzene rings is 2. The number of aromatic nitrogens is 1. The van der Waals surface area contributed by atoms with Gasteiger partial charge in [-0.2, -0.15) is 0 Å². The molecule has 2 aromatic carbocycles. The maximum absolute atomic E-state index is 12.5. The summed E-state index contributed by atoms with van der Waals surface area (Å²) in [7, 11) is 3.72. The average molecular weight is 381 g/mol. The van der Waals surface area contributed by atoms with Gasteiger partial charge in [-0.05, 0) is 30.3 Å². The number of fused-ring (bicyclic) bond motifs is 1. The van der Waals surface area contributed by atoms with Crippen molar-refractivity contribution < 1.29 is 13.9 Å². The highest BCUT2D eigenvalue weighted by molar-refractivity contribution is 5.74. The Labute approximate surface area is 162 Å². The number of piperazine rings is 1. The molecule has 7 nitrogen and oxygen atoms in total. The standard InChI is InChI=1S/C21H23N3O4/c1-22-10-11-24(21(26)27-14-15-6-4-3-5-7-15)13-18(22)16-8-9-17-19(12-16)28-20(25)23(17)2/h3-9,12,18H,10-11,13-14H2,1-2H3. The average Bonchev–Trinajstić information content (AvgIpc) is 3.00. The Morgan fingerprint density at radius 1 is 1.14 bits per heavy atom. The van der Waals surface area contributed by atoms with Crippen molar-refractivity contribution in [3.05, 3.63) is 70.2 Å². The molecule has 4 rings (SSSR count). The van der Waals surface area contributed by atoms with Crippen LogP contribution in [0.5, 0.6) is 0 Å². The molecular weight excluding hydrogens is 358 g/mol. The van der Waals surface area contributed by atoms with E-state index in [2.05, 4.69) is 4.90 Å². The molecule has 7 heteroatoms. The number of carbonyl (C=O) groups excluding carboxylic acids is 1. The Bertz CT molecular complexity index is 1040. The van der Waals surface area contributed by atoms with Crippen LogP contribution in [0.3, 0.4) is 0 Å². The number of hydrogen-bond donors (Lipinski definition) is 0. The molecule has 1 unspecified atom stereocenters. The predicted molar refractivity (Wildman–Crippen MR) is 105 cm³/mol. The summed E-state index contributed by atoms with van der Waals surface area (Å²) in [5.41, 5.74) is 3.28. The highest BCUT2D eigenvalue weighted by Gasteiger charge is 2.29. The summed E-state index contributed by atoms with van der Waals surface area (Å²) < 4.78 is 12.3. The first kappa shape index (κ1) is 18.3. The number of aryl methyl sites for hydroxylation is 1. The molecule has 0 bridgehead atoms. The van der Waals surface area contributed by atoms with Crippen molar-refractivity contribution in [3.63, 3.8) is 0 Å². The van der Waals surface area contributed by atoms with Crippen molar-refractivity contribution >= 4 is 17.2 Å². The molecule has 146 valence electrons. The normalized spacial score (nSPS) is 17.8. The van der Waals surface area contributed by atoms with Gasteiger partial charge in [0.2, 0.25) is 0 Å². The third kappa shape index (κ3) is 3.53. The lowest BCUT2D eigenvalue weighted by molar-refractivity contribution is 0.0564. The fraction of sp³-hybridized carbons (Fsp3) is 0.333. The number of oxazole rings is 1. The Hall–Kier alpha value is -3.06. The SMILES string of the molecule is CN1CCN(C(=O)OCc2ccccc2)CC1c1ccc2c(c1)oc(=O)n2C. The summed E-state index contributed by atoms with van der Waals surface area (Å²) in [4.78, 5) is 28.2. The maximum atomic E-state index is 12.5. The van der Waals surface area contributed by atoms with Gasteiger partial charge in [0.25, 0.3) is 0 Å². The van der Waals surface area contributed by atoms with Crippen LogP contribution in [-0.4, -0.2) is 47.1 Å². The van der Waals surface area contributed by atoms with Gasteiger partial charge in [-0.1, -0.05) is 36.4 Å². The van der Waals surface area contributed by atoms with Gasteiger partial charge in [-0.15, -0.1) is 0 Å². The molecule has 1 aliphatic heterocycles. The van der Waals surface area contributed by atoms with Crippen LogP contribution >= 0.6 is 0 Å². The van der Waals surface area contributed by atoms with E-state index in [1.165, 1.54) is 4.57 Å². The van der Waals surface area contributed by atoms with E-state index in [-0.39, 0.29) is 24.5 Å². The molecule has 3 aromatic rings. The molecule has 1 saturated heterocycles. The van der Waals surface area contributed by atoms with Gasteiger partial charge < -0.3 is 14.1 Å². The lowest BCUT2D eigenvalue weighted by Gasteiger charge is -2.39. The Balaban J connectivity index is 1.48. The van der Waals surface area contributed by atoms with Gasteiger partial charge in [0, 0.05) is 26.7 Å². The van der Waals surface area contributed by atoms with E-state index in [0.717, 1.165) is 23.2 Å². The van der Waals surface area contributed by atoms with E-state index in [1.807, 2.05) is 55.6 Å². The minimum absolute atomic E-state index is 0.00735. The van der Waals surface area contributed by atoms with E-state index < -0.39 is 0 Å². The smallest absolute Gasteiger partial charge is 0.419 e. The third-order valence-corrected chi connectivity index (χ3v) is 5.31. The van der Waals surface area contributed by atoms with Crippen molar-refractivity contribution in [1.82, 2.24) is 14.4 Å². The minimum Gasteiger partial charge on any atom is -0.445 e. The molecule has 1 aliphatic rings. The van der Waals surface area contributed by atoms with E-state index in [9.17, 15) is 9.59 Å². The molecule has 1 amide bonds. The highest BCUT2D eigenvalue weighted by atomic mass is 16.6. The van der Waals surface area contributed by atoms with Crippen LogP contribution in [0.1, 0.15) is 17.2 Å². The van der Waals surface area contributed by atoms with Gasteiger partial charge >= 0.3 is 11.8 Å². The number of amides is 1. The second-order valence-corrected chi connectivity index (χ2v) is 7.14. The summed E-state index contributed by atoms with van der Waals surface area (Å²) in [5.74, 6) is -0.379. The molecule has 28 heavy (non-hydrogen) atoms. The first-order chi connectivity index (χ1) is 13.5. The summed E-state index contributed by atoms with van der Waals surface area (Å²) in [6.45, 7) is 2.13. The number of carbonyl (C=O) groups is 1. The van der Waals surface area contributed by atoms with Crippen molar-refractivity contribution in [2.75, 3.05) is 26.7 Å². The van der Waals surface area contributed by atoms with Crippen LogP contribution in [0.4, 0.5) is 4.79 Å². The zero-order valence-corrected chi connectivity index (χ0v) is 16.0. The van der Waals surface area contributed by atoms with Gasteiger partial charge in [-0.3, -0.25) is 9.47 Å². The molecule has 0 spiro atoms.